The van der Waals surface area contributed by atoms with Crippen molar-refractivity contribution in [3.63, 3.8) is 0 Å². The minimum Gasteiger partial charge on any atom is -0.481 e. The second-order valence-electron chi connectivity index (χ2n) is 4.75. The van der Waals surface area contributed by atoms with Gasteiger partial charge < -0.3 is 15.3 Å². The quantitative estimate of drug-likeness (QED) is 0.840. The van der Waals surface area contributed by atoms with E-state index in [4.69, 9.17) is 5.11 Å². The van der Waals surface area contributed by atoms with Crippen molar-refractivity contribution in [1.29, 1.82) is 0 Å². The van der Waals surface area contributed by atoms with Crippen LogP contribution in [0, 0.1) is 0 Å². The zero-order chi connectivity index (χ0) is 15.3. The highest BCUT2D eigenvalue weighted by atomic mass is 16.4. The first-order valence-corrected chi connectivity index (χ1v) is 6.15. The van der Waals surface area contributed by atoms with E-state index in [0.29, 0.717) is 11.1 Å². The van der Waals surface area contributed by atoms with E-state index in [-0.39, 0.29) is 18.2 Å². The van der Waals surface area contributed by atoms with Gasteiger partial charge in [-0.2, -0.15) is 0 Å². The summed E-state index contributed by atoms with van der Waals surface area (Å²) in [5.74, 6) is -1.47. The van der Waals surface area contributed by atoms with Gasteiger partial charge in [0.05, 0.1) is 6.42 Å². The van der Waals surface area contributed by atoms with Gasteiger partial charge in [-0.25, -0.2) is 0 Å². The van der Waals surface area contributed by atoms with Crippen LogP contribution in [-0.2, 0) is 4.79 Å². The smallest absolute Gasteiger partial charge is 0.305 e. The molecule has 2 N–H and O–H groups in total. The van der Waals surface area contributed by atoms with Gasteiger partial charge in [0.1, 0.15) is 0 Å². The van der Waals surface area contributed by atoms with Crippen LogP contribution in [0.5, 0.6) is 0 Å². The Balaban J connectivity index is 2.71. The third-order valence-corrected chi connectivity index (χ3v) is 2.66. The predicted octanol–water partition coefficient (Wildman–Crippen LogP) is 0.981. The number of carboxylic acids is 1. The summed E-state index contributed by atoms with van der Waals surface area (Å²) in [6, 6.07) is 5.76. The lowest BCUT2D eigenvalue weighted by Crippen LogP contribution is -2.34. The molecule has 0 aliphatic heterocycles. The second kappa shape index (κ2) is 6.70. The molecule has 1 aromatic carbocycles. The van der Waals surface area contributed by atoms with Gasteiger partial charge in [-0.15, -0.1) is 0 Å². The molecule has 2 amide bonds. The molecule has 108 valence electrons. The molecule has 0 aliphatic rings. The normalized spacial score (nSPS) is 11.6. The molecular weight excluding hydrogens is 260 g/mol. The summed E-state index contributed by atoms with van der Waals surface area (Å²) in [5.41, 5.74) is 0.877. The Bertz CT molecular complexity index is 508. The molecule has 6 nitrogen and oxygen atoms in total. The van der Waals surface area contributed by atoms with Gasteiger partial charge in [-0.1, -0.05) is 0 Å². The molecule has 1 rings (SSSR count). The summed E-state index contributed by atoms with van der Waals surface area (Å²) >= 11 is 0. The van der Waals surface area contributed by atoms with E-state index in [0.717, 1.165) is 0 Å². The molecule has 1 atom stereocenters. The molecule has 0 spiro atoms. The molecule has 20 heavy (non-hydrogen) atoms. The fraction of sp³-hybridized carbons (Fsp3) is 0.357. The number of carbonyl (C=O) groups excluding carboxylic acids is 2. The zero-order valence-electron chi connectivity index (χ0n) is 11.7. The monoisotopic (exact) mass is 278 g/mol. The topological polar surface area (TPSA) is 86.7 Å². The Labute approximate surface area is 117 Å². The van der Waals surface area contributed by atoms with Crippen LogP contribution < -0.4 is 5.32 Å². The van der Waals surface area contributed by atoms with Crippen LogP contribution in [0.25, 0.3) is 0 Å². The van der Waals surface area contributed by atoms with Crippen molar-refractivity contribution in [1.82, 2.24) is 10.2 Å². The highest BCUT2D eigenvalue weighted by Gasteiger charge is 2.13. The number of rotatable bonds is 5. The molecule has 0 saturated heterocycles. The Morgan fingerprint density at radius 3 is 2.10 bits per heavy atom. The van der Waals surface area contributed by atoms with Crippen molar-refractivity contribution in [2.45, 2.75) is 19.4 Å². The van der Waals surface area contributed by atoms with E-state index in [1.807, 2.05) is 0 Å². The maximum atomic E-state index is 11.9. The van der Waals surface area contributed by atoms with E-state index in [1.165, 1.54) is 4.90 Å². The molecule has 0 aliphatic carbocycles. The lowest BCUT2D eigenvalue weighted by molar-refractivity contribution is -0.137. The molecule has 0 fully saturated rings. The van der Waals surface area contributed by atoms with Crippen LogP contribution in [0.3, 0.4) is 0 Å². The third-order valence-electron chi connectivity index (χ3n) is 2.66. The van der Waals surface area contributed by atoms with Gasteiger partial charge in [0, 0.05) is 31.3 Å². The molecule has 0 saturated carbocycles. The maximum Gasteiger partial charge on any atom is 0.305 e. The zero-order valence-corrected chi connectivity index (χ0v) is 11.7. The Morgan fingerprint density at radius 2 is 1.65 bits per heavy atom. The van der Waals surface area contributed by atoms with Crippen LogP contribution in [0.15, 0.2) is 24.3 Å². The molecule has 6 heteroatoms. The number of hydrogen-bond donors (Lipinski definition) is 2. The summed E-state index contributed by atoms with van der Waals surface area (Å²) in [7, 11) is 3.30. The second-order valence-corrected chi connectivity index (χ2v) is 4.75. The average Bonchev–Trinajstić information content (AvgIpc) is 2.36. The number of carboxylic acid groups (broad SMARTS) is 1. The molecule has 0 radical (unpaired) electrons. The number of nitrogens with zero attached hydrogens (tertiary/aromatic N) is 1. The standard InChI is InChI=1S/C14H18N2O4/c1-9(8-12(17)18)15-13(19)10-4-6-11(7-5-10)14(20)16(2)3/h4-7,9H,8H2,1-3H3,(H,15,19)(H,17,18). The summed E-state index contributed by atoms with van der Waals surface area (Å²) in [4.78, 5) is 35.5. The minimum absolute atomic E-state index is 0.136. The third kappa shape index (κ3) is 4.38. The molecule has 0 aromatic heterocycles. The molecular formula is C14H18N2O4. The first-order valence-electron chi connectivity index (χ1n) is 6.15. The average molecular weight is 278 g/mol. The van der Waals surface area contributed by atoms with Crippen molar-refractivity contribution in [2.75, 3.05) is 14.1 Å². The van der Waals surface area contributed by atoms with Crippen LogP contribution in [0.1, 0.15) is 34.1 Å². The van der Waals surface area contributed by atoms with Crippen molar-refractivity contribution < 1.29 is 19.5 Å². The summed E-state index contributed by atoms with van der Waals surface area (Å²) in [5, 5.41) is 11.2. The van der Waals surface area contributed by atoms with Gasteiger partial charge in [0.15, 0.2) is 0 Å². The fourth-order valence-corrected chi connectivity index (χ4v) is 1.64. The van der Waals surface area contributed by atoms with Gasteiger partial charge in [-0.3, -0.25) is 14.4 Å². The van der Waals surface area contributed by atoms with E-state index in [9.17, 15) is 14.4 Å². The molecule has 1 unspecified atom stereocenters. The highest BCUT2D eigenvalue weighted by Crippen LogP contribution is 2.07. The first-order chi connectivity index (χ1) is 9.31. The molecule has 1 aromatic rings. The van der Waals surface area contributed by atoms with Crippen LogP contribution in [-0.4, -0.2) is 47.9 Å². The van der Waals surface area contributed by atoms with Gasteiger partial charge >= 0.3 is 5.97 Å². The lowest BCUT2D eigenvalue weighted by atomic mass is 10.1. The summed E-state index contributed by atoms with van der Waals surface area (Å²) in [6.07, 6.45) is -0.136. The lowest BCUT2D eigenvalue weighted by Gasteiger charge is -2.13. The van der Waals surface area contributed by atoms with Crippen LogP contribution >= 0.6 is 0 Å². The van der Waals surface area contributed by atoms with E-state index < -0.39 is 12.0 Å². The number of aliphatic carboxylic acids is 1. The number of carbonyl (C=O) groups is 3. The first kappa shape index (κ1) is 15.7. The van der Waals surface area contributed by atoms with Gasteiger partial charge in [-0.05, 0) is 31.2 Å². The number of hydrogen-bond acceptors (Lipinski definition) is 3. The van der Waals surface area contributed by atoms with Crippen molar-refractivity contribution in [2.24, 2.45) is 0 Å². The highest BCUT2D eigenvalue weighted by molar-refractivity contribution is 5.97. The molecule has 0 bridgehead atoms. The fourth-order valence-electron chi connectivity index (χ4n) is 1.64. The Hall–Kier alpha value is -2.37. The van der Waals surface area contributed by atoms with E-state index in [1.54, 1.807) is 45.3 Å². The number of nitrogens with one attached hydrogen (secondary N) is 1. The maximum absolute atomic E-state index is 11.9. The number of benzene rings is 1. The van der Waals surface area contributed by atoms with Crippen molar-refractivity contribution >= 4 is 17.8 Å². The number of amides is 2. The van der Waals surface area contributed by atoms with Gasteiger partial charge in [0.25, 0.3) is 11.8 Å². The van der Waals surface area contributed by atoms with Crippen molar-refractivity contribution in [3.05, 3.63) is 35.4 Å². The van der Waals surface area contributed by atoms with Gasteiger partial charge in [0.2, 0.25) is 0 Å². The van der Waals surface area contributed by atoms with E-state index in [2.05, 4.69) is 5.32 Å². The molecule has 0 heterocycles. The largest absolute Gasteiger partial charge is 0.481 e. The minimum atomic E-state index is -0.968. The van der Waals surface area contributed by atoms with E-state index >= 15 is 0 Å². The van der Waals surface area contributed by atoms with Crippen LogP contribution in [0.2, 0.25) is 0 Å². The predicted molar refractivity (Wildman–Crippen MR) is 73.6 cm³/mol. The Morgan fingerprint density at radius 1 is 1.15 bits per heavy atom. The van der Waals surface area contributed by atoms with Crippen LogP contribution in [0.4, 0.5) is 0 Å². The summed E-state index contributed by atoms with van der Waals surface area (Å²) < 4.78 is 0. The Kier molecular flexibility index (Phi) is 5.25. The SMILES string of the molecule is CC(CC(=O)O)NC(=O)c1ccc(C(=O)N(C)C)cc1. The summed E-state index contributed by atoms with van der Waals surface area (Å²) in [6.45, 7) is 1.62. The van der Waals surface area contributed by atoms with Crippen molar-refractivity contribution in [3.8, 4) is 0 Å².